The lowest BCUT2D eigenvalue weighted by Gasteiger charge is -2.13. The monoisotopic (exact) mass is 448 g/mol. The standard InChI is InChI=1S/C22H16F4N2O2S/c23-15-7-5-14(6-8-15)21(30)27-16-9-11-17(12-10-16)31-13-20(29)28-19-4-2-1-3-18(19)22(24,25)26/h1-12H,13H2,(H,27,30)(H,28,29). The predicted octanol–water partition coefficient (Wildman–Crippen LogP) is 5.83. The fourth-order valence-corrected chi connectivity index (χ4v) is 3.31. The van der Waals surface area contributed by atoms with E-state index in [-0.39, 0.29) is 11.4 Å². The van der Waals surface area contributed by atoms with Gasteiger partial charge in [0.15, 0.2) is 0 Å². The molecule has 0 heterocycles. The van der Waals surface area contributed by atoms with E-state index in [1.54, 1.807) is 24.3 Å². The van der Waals surface area contributed by atoms with Crippen LogP contribution in [0.15, 0.2) is 77.7 Å². The van der Waals surface area contributed by atoms with E-state index < -0.39 is 29.4 Å². The Hall–Kier alpha value is -3.33. The summed E-state index contributed by atoms with van der Waals surface area (Å²) in [5, 5.41) is 4.95. The van der Waals surface area contributed by atoms with Gasteiger partial charge in [-0.1, -0.05) is 12.1 Å². The molecule has 0 fully saturated rings. The Labute approximate surface area is 179 Å². The van der Waals surface area contributed by atoms with E-state index >= 15 is 0 Å². The SMILES string of the molecule is O=C(CSc1ccc(NC(=O)c2ccc(F)cc2)cc1)Nc1ccccc1C(F)(F)F. The van der Waals surface area contributed by atoms with Crippen molar-refractivity contribution >= 4 is 35.0 Å². The van der Waals surface area contributed by atoms with Crippen LogP contribution < -0.4 is 10.6 Å². The molecule has 9 heteroatoms. The summed E-state index contributed by atoms with van der Waals surface area (Å²) in [5.74, 6) is -1.50. The van der Waals surface area contributed by atoms with Crippen LogP contribution in [0.5, 0.6) is 0 Å². The Kier molecular flexibility index (Phi) is 6.96. The highest BCUT2D eigenvalue weighted by atomic mass is 32.2. The number of hydrogen-bond acceptors (Lipinski definition) is 3. The Balaban J connectivity index is 1.54. The normalized spacial score (nSPS) is 11.1. The molecule has 3 aromatic carbocycles. The molecular formula is C22H16F4N2O2S. The van der Waals surface area contributed by atoms with Crippen molar-refractivity contribution < 1.29 is 27.2 Å². The van der Waals surface area contributed by atoms with Crippen LogP contribution in [0.25, 0.3) is 0 Å². The smallest absolute Gasteiger partial charge is 0.325 e. The number of halogens is 4. The predicted molar refractivity (Wildman–Crippen MR) is 112 cm³/mol. The van der Waals surface area contributed by atoms with Gasteiger partial charge >= 0.3 is 6.18 Å². The summed E-state index contributed by atoms with van der Waals surface area (Å²) in [4.78, 5) is 24.9. The molecule has 0 unspecified atom stereocenters. The van der Waals surface area contributed by atoms with Crippen LogP contribution in [0.1, 0.15) is 15.9 Å². The number of amides is 2. The summed E-state index contributed by atoms with van der Waals surface area (Å²) in [6.07, 6.45) is -4.56. The molecule has 3 aromatic rings. The zero-order valence-corrected chi connectivity index (χ0v) is 16.7. The molecule has 2 N–H and O–H groups in total. The average Bonchev–Trinajstić information content (AvgIpc) is 2.73. The minimum atomic E-state index is -4.56. The van der Waals surface area contributed by atoms with Gasteiger partial charge in [0.2, 0.25) is 5.91 Å². The first-order chi connectivity index (χ1) is 14.7. The molecule has 0 radical (unpaired) electrons. The van der Waals surface area contributed by atoms with Gasteiger partial charge in [-0.25, -0.2) is 4.39 Å². The van der Waals surface area contributed by atoms with Crippen molar-refractivity contribution in [3.63, 3.8) is 0 Å². The second-order valence-corrected chi connectivity index (χ2v) is 7.41. The van der Waals surface area contributed by atoms with Crippen molar-refractivity contribution in [2.24, 2.45) is 0 Å². The highest BCUT2D eigenvalue weighted by Crippen LogP contribution is 2.34. The summed E-state index contributed by atoms with van der Waals surface area (Å²) >= 11 is 1.14. The third-order valence-corrected chi connectivity index (χ3v) is 5.11. The highest BCUT2D eigenvalue weighted by Gasteiger charge is 2.33. The molecule has 0 saturated heterocycles. The molecule has 0 aliphatic heterocycles. The van der Waals surface area contributed by atoms with Crippen LogP contribution in [-0.2, 0) is 11.0 Å². The van der Waals surface area contributed by atoms with Crippen LogP contribution in [-0.4, -0.2) is 17.6 Å². The molecule has 2 amide bonds. The number of thioether (sulfide) groups is 1. The van der Waals surface area contributed by atoms with E-state index in [4.69, 9.17) is 0 Å². The largest absolute Gasteiger partial charge is 0.418 e. The zero-order chi connectivity index (χ0) is 22.4. The first-order valence-electron chi connectivity index (χ1n) is 8.98. The number of para-hydroxylation sites is 1. The van der Waals surface area contributed by atoms with Gasteiger partial charge in [0, 0.05) is 16.1 Å². The molecule has 4 nitrogen and oxygen atoms in total. The number of hydrogen-bond donors (Lipinski definition) is 2. The Morgan fingerprint density at radius 3 is 2.13 bits per heavy atom. The number of carbonyl (C=O) groups excluding carboxylic acids is 2. The molecule has 0 bridgehead atoms. The molecule has 0 aliphatic rings. The first kappa shape index (κ1) is 22.4. The third-order valence-electron chi connectivity index (χ3n) is 4.10. The van der Waals surface area contributed by atoms with Gasteiger partial charge in [-0.2, -0.15) is 13.2 Å². The van der Waals surface area contributed by atoms with Crippen molar-refractivity contribution in [3.05, 3.63) is 89.7 Å². The molecule has 0 spiro atoms. The summed E-state index contributed by atoms with van der Waals surface area (Å²) in [6, 6.07) is 16.5. The summed E-state index contributed by atoms with van der Waals surface area (Å²) in [7, 11) is 0. The van der Waals surface area contributed by atoms with Gasteiger partial charge in [-0.05, 0) is 60.7 Å². The lowest BCUT2D eigenvalue weighted by atomic mass is 10.1. The van der Waals surface area contributed by atoms with Crippen molar-refractivity contribution in [2.45, 2.75) is 11.1 Å². The van der Waals surface area contributed by atoms with Crippen LogP contribution in [0.3, 0.4) is 0 Å². The maximum Gasteiger partial charge on any atom is 0.418 e. The third kappa shape index (κ3) is 6.32. The number of alkyl halides is 3. The number of carbonyl (C=O) groups is 2. The van der Waals surface area contributed by atoms with E-state index in [0.717, 1.165) is 17.8 Å². The second-order valence-electron chi connectivity index (χ2n) is 6.37. The second kappa shape index (κ2) is 9.65. The van der Waals surface area contributed by atoms with Crippen LogP contribution in [0.2, 0.25) is 0 Å². The quantitative estimate of drug-likeness (QED) is 0.369. The Morgan fingerprint density at radius 2 is 1.48 bits per heavy atom. The van der Waals surface area contributed by atoms with Crippen molar-refractivity contribution in [1.82, 2.24) is 0 Å². The van der Waals surface area contributed by atoms with E-state index in [2.05, 4.69) is 10.6 Å². The molecular weight excluding hydrogens is 432 g/mol. The Morgan fingerprint density at radius 1 is 0.839 bits per heavy atom. The molecule has 3 rings (SSSR count). The topological polar surface area (TPSA) is 58.2 Å². The minimum Gasteiger partial charge on any atom is -0.325 e. The fraction of sp³-hybridized carbons (Fsp3) is 0.0909. The first-order valence-corrected chi connectivity index (χ1v) is 9.97. The highest BCUT2D eigenvalue weighted by molar-refractivity contribution is 8.00. The van der Waals surface area contributed by atoms with E-state index in [1.807, 2.05) is 0 Å². The van der Waals surface area contributed by atoms with E-state index in [1.165, 1.54) is 42.5 Å². The number of rotatable bonds is 6. The molecule has 160 valence electrons. The molecule has 0 aromatic heterocycles. The maximum absolute atomic E-state index is 13.0. The van der Waals surface area contributed by atoms with E-state index in [0.29, 0.717) is 16.1 Å². The van der Waals surface area contributed by atoms with Crippen LogP contribution in [0.4, 0.5) is 28.9 Å². The maximum atomic E-state index is 13.0. The van der Waals surface area contributed by atoms with Crippen molar-refractivity contribution in [2.75, 3.05) is 16.4 Å². The lowest BCUT2D eigenvalue weighted by Crippen LogP contribution is -2.18. The average molecular weight is 448 g/mol. The van der Waals surface area contributed by atoms with Crippen molar-refractivity contribution in [1.29, 1.82) is 0 Å². The fourth-order valence-electron chi connectivity index (χ4n) is 2.61. The molecule has 0 atom stereocenters. The van der Waals surface area contributed by atoms with Gasteiger partial charge in [-0.15, -0.1) is 11.8 Å². The molecule has 0 saturated carbocycles. The van der Waals surface area contributed by atoms with Gasteiger partial charge in [0.1, 0.15) is 5.82 Å². The number of anilines is 2. The number of benzene rings is 3. The van der Waals surface area contributed by atoms with Gasteiger partial charge in [0.05, 0.1) is 17.0 Å². The summed E-state index contributed by atoms with van der Waals surface area (Å²) < 4.78 is 51.9. The van der Waals surface area contributed by atoms with Crippen LogP contribution >= 0.6 is 11.8 Å². The van der Waals surface area contributed by atoms with Gasteiger partial charge in [0.25, 0.3) is 5.91 Å². The lowest BCUT2D eigenvalue weighted by molar-refractivity contribution is -0.137. The summed E-state index contributed by atoms with van der Waals surface area (Å²) in [6.45, 7) is 0. The van der Waals surface area contributed by atoms with Gasteiger partial charge < -0.3 is 10.6 Å². The number of nitrogens with one attached hydrogen (secondary N) is 2. The van der Waals surface area contributed by atoms with E-state index in [9.17, 15) is 27.2 Å². The zero-order valence-electron chi connectivity index (χ0n) is 15.9. The van der Waals surface area contributed by atoms with Crippen molar-refractivity contribution in [3.8, 4) is 0 Å². The summed E-state index contributed by atoms with van der Waals surface area (Å²) in [5.41, 5.74) is -0.396. The minimum absolute atomic E-state index is 0.0898. The van der Waals surface area contributed by atoms with Gasteiger partial charge in [-0.3, -0.25) is 9.59 Å². The molecule has 31 heavy (non-hydrogen) atoms. The molecule has 0 aliphatic carbocycles. The Bertz CT molecular complexity index is 1070. The van der Waals surface area contributed by atoms with Crippen LogP contribution in [0, 0.1) is 5.82 Å².